The van der Waals surface area contributed by atoms with Gasteiger partial charge in [0, 0.05) is 24.0 Å². The average Bonchev–Trinajstić information content (AvgIpc) is 3.14. The Morgan fingerprint density at radius 2 is 2.24 bits per heavy atom. The molecular weight excluding hydrogens is 338 g/mol. The molecule has 25 heavy (non-hydrogen) atoms. The highest BCUT2D eigenvalue weighted by Gasteiger charge is 2.24. The van der Waals surface area contributed by atoms with E-state index in [4.69, 9.17) is 4.42 Å². The van der Waals surface area contributed by atoms with Crippen molar-refractivity contribution in [2.75, 3.05) is 5.75 Å². The summed E-state index contributed by atoms with van der Waals surface area (Å²) in [5, 5.41) is 12.2. The van der Waals surface area contributed by atoms with Gasteiger partial charge in [-0.05, 0) is 37.1 Å². The number of nitrogens with one attached hydrogen (secondary N) is 1. The van der Waals surface area contributed by atoms with Crippen LogP contribution in [0.25, 0.3) is 11.4 Å². The van der Waals surface area contributed by atoms with Crippen molar-refractivity contribution in [3.05, 3.63) is 48.7 Å². The smallest absolute Gasteiger partial charge is 0.230 e. The van der Waals surface area contributed by atoms with Crippen LogP contribution in [-0.2, 0) is 11.3 Å². The fraction of sp³-hybridized carbons (Fsp3) is 0.294. The Morgan fingerprint density at radius 3 is 2.96 bits per heavy atom. The Labute approximate surface area is 148 Å². The maximum Gasteiger partial charge on any atom is 0.230 e. The second-order valence-electron chi connectivity index (χ2n) is 5.84. The number of carbonyl (C=O) groups is 1. The Hall–Kier alpha value is -2.61. The van der Waals surface area contributed by atoms with E-state index in [0.717, 1.165) is 24.2 Å². The first-order valence-corrected chi connectivity index (χ1v) is 9.06. The highest BCUT2D eigenvalue weighted by atomic mass is 32.2. The molecule has 0 unspecified atom stereocenters. The molecule has 0 saturated heterocycles. The molecule has 128 valence electrons. The minimum atomic E-state index is 0.0305. The first-order valence-electron chi connectivity index (χ1n) is 8.08. The summed E-state index contributed by atoms with van der Waals surface area (Å²) in [6.07, 6.45) is 7.26. The molecule has 1 saturated carbocycles. The third-order valence-electron chi connectivity index (χ3n) is 3.81. The number of amides is 1. The van der Waals surface area contributed by atoms with Crippen LogP contribution in [0, 0.1) is 0 Å². The lowest BCUT2D eigenvalue weighted by molar-refractivity contribution is -0.118. The first-order chi connectivity index (χ1) is 12.3. The number of furan rings is 1. The molecule has 3 aromatic heterocycles. The highest BCUT2D eigenvalue weighted by Crippen LogP contribution is 2.25. The van der Waals surface area contributed by atoms with Gasteiger partial charge in [-0.3, -0.25) is 14.3 Å². The fourth-order valence-electron chi connectivity index (χ4n) is 2.43. The van der Waals surface area contributed by atoms with Crippen LogP contribution < -0.4 is 5.32 Å². The van der Waals surface area contributed by atoms with E-state index < -0.39 is 0 Å². The zero-order valence-corrected chi connectivity index (χ0v) is 14.3. The van der Waals surface area contributed by atoms with Crippen molar-refractivity contribution in [3.63, 3.8) is 0 Å². The number of rotatable bonds is 7. The van der Waals surface area contributed by atoms with Gasteiger partial charge in [0.25, 0.3) is 0 Å². The van der Waals surface area contributed by atoms with E-state index in [1.54, 1.807) is 18.7 Å². The molecule has 4 rings (SSSR count). The molecule has 0 radical (unpaired) electrons. The largest absolute Gasteiger partial charge is 0.467 e. The standard InChI is InChI=1S/C17H17N5O2S/c23-15(19-13-5-6-13)11-25-17-21-20-16(12-3-1-7-18-9-12)22(17)10-14-4-2-8-24-14/h1-4,7-9,13H,5-6,10-11H2,(H,19,23). The van der Waals surface area contributed by atoms with Crippen molar-refractivity contribution in [3.8, 4) is 11.4 Å². The van der Waals surface area contributed by atoms with Crippen molar-refractivity contribution in [1.82, 2.24) is 25.1 Å². The van der Waals surface area contributed by atoms with E-state index in [9.17, 15) is 4.79 Å². The zero-order chi connectivity index (χ0) is 17.1. The predicted octanol–water partition coefficient (Wildman–Crippen LogP) is 2.35. The number of thioether (sulfide) groups is 1. The number of carbonyl (C=O) groups excluding carboxylic acids is 1. The molecule has 0 atom stereocenters. The van der Waals surface area contributed by atoms with E-state index in [2.05, 4.69) is 20.5 Å². The Morgan fingerprint density at radius 1 is 1.32 bits per heavy atom. The molecule has 1 aliphatic rings. The second kappa shape index (κ2) is 7.10. The lowest BCUT2D eigenvalue weighted by Crippen LogP contribution is -2.27. The minimum Gasteiger partial charge on any atom is -0.467 e. The summed E-state index contributed by atoms with van der Waals surface area (Å²) >= 11 is 1.38. The van der Waals surface area contributed by atoms with Crippen molar-refractivity contribution in [2.24, 2.45) is 0 Å². The summed E-state index contributed by atoms with van der Waals surface area (Å²) in [5.41, 5.74) is 0.871. The summed E-state index contributed by atoms with van der Waals surface area (Å²) in [5.74, 6) is 1.85. The topological polar surface area (TPSA) is 85.8 Å². The number of hydrogen-bond donors (Lipinski definition) is 1. The third kappa shape index (κ3) is 3.90. The van der Waals surface area contributed by atoms with E-state index in [0.29, 0.717) is 29.3 Å². The Balaban J connectivity index is 1.56. The zero-order valence-electron chi connectivity index (χ0n) is 13.5. The lowest BCUT2D eigenvalue weighted by Gasteiger charge is -2.08. The summed E-state index contributed by atoms with van der Waals surface area (Å²) < 4.78 is 7.41. The van der Waals surface area contributed by atoms with Gasteiger partial charge in [0.1, 0.15) is 5.76 Å². The van der Waals surface area contributed by atoms with Gasteiger partial charge in [-0.15, -0.1) is 10.2 Å². The van der Waals surface area contributed by atoms with E-state index in [-0.39, 0.29) is 5.91 Å². The van der Waals surface area contributed by atoms with Gasteiger partial charge in [0.2, 0.25) is 5.91 Å². The molecular formula is C17H17N5O2S. The summed E-state index contributed by atoms with van der Waals surface area (Å²) in [6, 6.07) is 7.90. The van der Waals surface area contributed by atoms with Crippen molar-refractivity contribution in [2.45, 2.75) is 30.6 Å². The van der Waals surface area contributed by atoms with Gasteiger partial charge in [0.05, 0.1) is 18.6 Å². The third-order valence-corrected chi connectivity index (χ3v) is 4.77. The Bertz CT molecular complexity index is 843. The number of hydrogen-bond acceptors (Lipinski definition) is 6. The first kappa shape index (κ1) is 15.9. The second-order valence-corrected chi connectivity index (χ2v) is 6.79. The molecule has 0 aliphatic heterocycles. The highest BCUT2D eigenvalue weighted by molar-refractivity contribution is 7.99. The molecule has 3 aromatic rings. The normalized spacial score (nSPS) is 13.8. The van der Waals surface area contributed by atoms with Crippen LogP contribution in [0.2, 0.25) is 0 Å². The molecule has 1 amide bonds. The van der Waals surface area contributed by atoms with Crippen molar-refractivity contribution in [1.29, 1.82) is 0 Å². The average molecular weight is 355 g/mol. The van der Waals surface area contributed by atoms with Crippen LogP contribution in [0.3, 0.4) is 0 Å². The Kier molecular flexibility index (Phi) is 4.51. The van der Waals surface area contributed by atoms with Crippen LogP contribution in [0.4, 0.5) is 0 Å². The van der Waals surface area contributed by atoms with Crippen molar-refractivity contribution < 1.29 is 9.21 Å². The molecule has 8 heteroatoms. The summed E-state index contributed by atoms with van der Waals surface area (Å²) in [4.78, 5) is 16.1. The minimum absolute atomic E-state index is 0.0305. The molecule has 0 aromatic carbocycles. The van der Waals surface area contributed by atoms with E-state index in [1.807, 2.05) is 28.8 Å². The van der Waals surface area contributed by atoms with Crippen molar-refractivity contribution >= 4 is 17.7 Å². The van der Waals surface area contributed by atoms with Crippen LogP contribution in [0.5, 0.6) is 0 Å². The quantitative estimate of drug-likeness (QED) is 0.655. The van der Waals surface area contributed by atoms with E-state index in [1.165, 1.54) is 11.8 Å². The molecule has 7 nitrogen and oxygen atoms in total. The fourth-order valence-corrected chi connectivity index (χ4v) is 3.18. The monoisotopic (exact) mass is 355 g/mol. The number of pyridine rings is 1. The maximum atomic E-state index is 12.0. The van der Waals surface area contributed by atoms with Gasteiger partial charge >= 0.3 is 0 Å². The molecule has 1 N–H and O–H groups in total. The van der Waals surface area contributed by atoms with Gasteiger partial charge in [-0.2, -0.15) is 0 Å². The van der Waals surface area contributed by atoms with Gasteiger partial charge in [0.15, 0.2) is 11.0 Å². The molecule has 0 spiro atoms. The number of aromatic nitrogens is 4. The lowest BCUT2D eigenvalue weighted by atomic mass is 10.2. The molecule has 1 aliphatic carbocycles. The van der Waals surface area contributed by atoms with E-state index >= 15 is 0 Å². The van der Waals surface area contributed by atoms with Gasteiger partial charge < -0.3 is 9.73 Å². The maximum absolute atomic E-state index is 12.0. The number of nitrogens with zero attached hydrogens (tertiary/aromatic N) is 4. The van der Waals surface area contributed by atoms with Crippen LogP contribution in [0.1, 0.15) is 18.6 Å². The predicted molar refractivity (Wildman–Crippen MR) is 93.0 cm³/mol. The van der Waals surface area contributed by atoms with Crippen LogP contribution in [0.15, 0.2) is 52.5 Å². The van der Waals surface area contributed by atoms with Gasteiger partial charge in [-0.1, -0.05) is 11.8 Å². The molecule has 1 fully saturated rings. The molecule has 3 heterocycles. The molecule has 0 bridgehead atoms. The summed E-state index contributed by atoms with van der Waals surface area (Å²) in [6.45, 7) is 0.497. The van der Waals surface area contributed by atoms with Crippen LogP contribution in [-0.4, -0.2) is 37.5 Å². The summed E-state index contributed by atoms with van der Waals surface area (Å²) in [7, 11) is 0. The SMILES string of the molecule is O=C(CSc1nnc(-c2cccnc2)n1Cc1ccco1)NC1CC1. The van der Waals surface area contributed by atoms with Gasteiger partial charge in [-0.25, -0.2) is 0 Å². The van der Waals surface area contributed by atoms with Crippen LogP contribution >= 0.6 is 11.8 Å².